The van der Waals surface area contributed by atoms with Crippen LogP contribution in [-0.2, 0) is 26.2 Å². The first kappa shape index (κ1) is 32.4. The number of unbranched alkanes of at least 4 members (excludes halogenated alkanes) is 1. The lowest BCUT2D eigenvalue weighted by Crippen LogP contribution is -2.52. The van der Waals surface area contributed by atoms with E-state index in [0.717, 1.165) is 29.3 Å². The fourth-order valence-corrected chi connectivity index (χ4v) is 5.82. The zero-order chi connectivity index (χ0) is 30.7. The number of carbonyl (C=O) groups excluding carboxylic acids is 2. The summed E-state index contributed by atoms with van der Waals surface area (Å²) in [6, 6.07) is 16.8. The van der Waals surface area contributed by atoms with E-state index in [1.165, 1.54) is 55.5 Å². The molecule has 0 bridgehead atoms. The van der Waals surface area contributed by atoms with Crippen molar-refractivity contribution in [3.63, 3.8) is 0 Å². The average Bonchev–Trinajstić information content (AvgIpc) is 3.00. The number of nitrogens with one attached hydrogen (secondary N) is 1. The minimum atomic E-state index is -4.29. The number of carbonyl (C=O) groups is 2. The third kappa shape index (κ3) is 8.22. The van der Waals surface area contributed by atoms with E-state index >= 15 is 0 Å². The Bertz CT molecular complexity index is 1430. The van der Waals surface area contributed by atoms with Gasteiger partial charge in [0.1, 0.15) is 29.9 Å². The molecule has 42 heavy (non-hydrogen) atoms. The van der Waals surface area contributed by atoms with Crippen molar-refractivity contribution in [3.8, 4) is 11.5 Å². The lowest BCUT2D eigenvalue weighted by atomic mass is 10.1. The molecule has 0 fully saturated rings. The largest absolute Gasteiger partial charge is 0.497 e. The van der Waals surface area contributed by atoms with Crippen LogP contribution in [0.15, 0.2) is 77.7 Å². The van der Waals surface area contributed by atoms with Gasteiger partial charge in [0.25, 0.3) is 10.0 Å². The Labute approximate surface area is 247 Å². The van der Waals surface area contributed by atoms with Gasteiger partial charge in [-0.3, -0.25) is 13.9 Å². The van der Waals surface area contributed by atoms with Crippen molar-refractivity contribution >= 4 is 27.5 Å². The number of nitrogens with zero attached hydrogens (tertiary/aromatic N) is 2. The molecule has 226 valence electrons. The van der Waals surface area contributed by atoms with Gasteiger partial charge in [0, 0.05) is 13.1 Å². The number of sulfonamides is 1. The summed E-state index contributed by atoms with van der Waals surface area (Å²) in [6.07, 6.45) is 1.97. The molecular weight excluding hydrogens is 561 g/mol. The lowest BCUT2D eigenvalue weighted by molar-refractivity contribution is -0.140. The smallest absolute Gasteiger partial charge is 0.264 e. The molecule has 0 spiro atoms. The second-order valence-corrected chi connectivity index (χ2v) is 11.5. The van der Waals surface area contributed by atoms with Gasteiger partial charge in [0.05, 0.1) is 24.8 Å². The predicted octanol–water partition coefficient (Wildman–Crippen LogP) is 4.76. The van der Waals surface area contributed by atoms with Crippen molar-refractivity contribution in [2.75, 3.05) is 31.6 Å². The van der Waals surface area contributed by atoms with E-state index in [2.05, 4.69) is 5.32 Å². The topological polar surface area (TPSA) is 105 Å². The van der Waals surface area contributed by atoms with Crippen molar-refractivity contribution in [2.24, 2.45) is 0 Å². The Morgan fingerprint density at radius 2 is 1.60 bits per heavy atom. The predicted molar refractivity (Wildman–Crippen MR) is 159 cm³/mol. The van der Waals surface area contributed by atoms with Gasteiger partial charge < -0.3 is 19.7 Å². The molecule has 0 aliphatic heterocycles. The molecule has 1 N–H and O–H groups in total. The van der Waals surface area contributed by atoms with Crippen LogP contribution in [0.2, 0.25) is 0 Å². The summed E-state index contributed by atoms with van der Waals surface area (Å²) >= 11 is 0. The zero-order valence-corrected chi connectivity index (χ0v) is 25.2. The Morgan fingerprint density at radius 1 is 0.929 bits per heavy atom. The second-order valence-electron chi connectivity index (χ2n) is 9.61. The van der Waals surface area contributed by atoms with Crippen molar-refractivity contribution in [1.82, 2.24) is 10.2 Å². The molecular formula is C31H38FN3O6S. The molecule has 3 aromatic carbocycles. The Balaban J connectivity index is 2.04. The summed E-state index contributed by atoms with van der Waals surface area (Å²) in [5.74, 6) is -0.440. The maximum Gasteiger partial charge on any atom is 0.264 e. The van der Waals surface area contributed by atoms with Gasteiger partial charge in [0.2, 0.25) is 11.8 Å². The van der Waals surface area contributed by atoms with Crippen LogP contribution in [0.1, 0.15) is 38.7 Å². The molecule has 3 aromatic rings. The van der Waals surface area contributed by atoms with Crippen LogP contribution in [0.5, 0.6) is 11.5 Å². The van der Waals surface area contributed by atoms with Gasteiger partial charge in [-0.1, -0.05) is 32.4 Å². The highest BCUT2D eigenvalue weighted by atomic mass is 32.2. The van der Waals surface area contributed by atoms with Crippen molar-refractivity contribution in [2.45, 2.75) is 50.6 Å². The number of hydrogen-bond acceptors (Lipinski definition) is 6. The monoisotopic (exact) mass is 599 g/mol. The third-order valence-corrected chi connectivity index (χ3v) is 8.53. The highest BCUT2D eigenvalue weighted by Gasteiger charge is 2.33. The van der Waals surface area contributed by atoms with Crippen LogP contribution in [0.25, 0.3) is 0 Å². The maximum absolute atomic E-state index is 14.1. The Kier molecular flexibility index (Phi) is 11.7. The van der Waals surface area contributed by atoms with Crippen molar-refractivity contribution in [1.29, 1.82) is 0 Å². The van der Waals surface area contributed by atoms with Crippen LogP contribution in [0, 0.1) is 5.82 Å². The van der Waals surface area contributed by atoms with Gasteiger partial charge in [-0.15, -0.1) is 0 Å². The molecule has 0 aliphatic carbocycles. The van der Waals surface area contributed by atoms with Crippen molar-refractivity contribution < 1.29 is 31.9 Å². The second kappa shape index (κ2) is 15.2. The highest BCUT2D eigenvalue weighted by Crippen LogP contribution is 2.26. The SMILES string of the molecule is CCCCNC(=O)[C@H](CC)N(Cc1cccc(OC)c1)C(=O)CN(c1ccc(F)cc1)S(=O)(=O)c1ccc(OC)cc1. The Hall–Kier alpha value is -4.12. The number of amides is 2. The van der Waals surface area contributed by atoms with Gasteiger partial charge >= 0.3 is 0 Å². The molecule has 3 rings (SSSR count). The summed E-state index contributed by atoms with van der Waals surface area (Å²) < 4.78 is 53.0. The molecule has 2 amide bonds. The number of hydrogen-bond donors (Lipinski definition) is 1. The van der Waals surface area contributed by atoms with Crippen LogP contribution < -0.4 is 19.1 Å². The molecule has 1 atom stereocenters. The maximum atomic E-state index is 14.1. The van der Waals surface area contributed by atoms with E-state index in [-0.39, 0.29) is 23.0 Å². The van der Waals surface area contributed by atoms with Crippen LogP contribution in [0.3, 0.4) is 0 Å². The molecule has 0 aliphatic rings. The number of benzene rings is 3. The number of ether oxygens (including phenoxy) is 2. The average molecular weight is 600 g/mol. The van der Waals surface area contributed by atoms with Crippen molar-refractivity contribution in [3.05, 3.63) is 84.2 Å². The lowest BCUT2D eigenvalue weighted by Gasteiger charge is -2.33. The summed E-state index contributed by atoms with van der Waals surface area (Å²) in [5, 5.41) is 2.89. The number of anilines is 1. The Morgan fingerprint density at radius 3 is 2.19 bits per heavy atom. The third-order valence-electron chi connectivity index (χ3n) is 6.74. The molecule has 0 saturated carbocycles. The first-order chi connectivity index (χ1) is 20.1. The minimum absolute atomic E-state index is 0.0373. The molecule has 0 heterocycles. The summed E-state index contributed by atoms with van der Waals surface area (Å²) in [4.78, 5) is 28.7. The van der Waals surface area contributed by atoms with E-state index in [1.54, 1.807) is 31.2 Å². The number of methoxy groups -OCH3 is 2. The molecule has 0 unspecified atom stereocenters. The fourth-order valence-electron chi connectivity index (χ4n) is 4.40. The van der Waals surface area contributed by atoms with Gasteiger partial charge in [-0.2, -0.15) is 0 Å². The summed E-state index contributed by atoms with van der Waals surface area (Å²) in [6.45, 7) is 3.68. The van der Waals surface area contributed by atoms with E-state index in [1.807, 2.05) is 6.92 Å². The normalized spacial score (nSPS) is 11.8. The molecule has 0 saturated heterocycles. The quantitative estimate of drug-likeness (QED) is 0.253. The van der Waals surface area contributed by atoms with Gasteiger partial charge in [-0.05, 0) is 79.1 Å². The van der Waals surface area contributed by atoms with Crippen LogP contribution in [0.4, 0.5) is 10.1 Å². The fraction of sp³-hybridized carbons (Fsp3) is 0.355. The minimum Gasteiger partial charge on any atom is -0.497 e. The van der Waals surface area contributed by atoms with E-state index < -0.39 is 34.3 Å². The first-order valence-electron chi connectivity index (χ1n) is 13.8. The van der Waals surface area contributed by atoms with Crippen LogP contribution >= 0.6 is 0 Å². The van der Waals surface area contributed by atoms with E-state index in [9.17, 15) is 22.4 Å². The first-order valence-corrected chi connectivity index (χ1v) is 15.2. The summed E-state index contributed by atoms with van der Waals surface area (Å²) in [7, 11) is -1.29. The molecule has 0 aromatic heterocycles. The molecule has 11 heteroatoms. The zero-order valence-electron chi connectivity index (χ0n) is 24.4. The van der Waals surface area contributed by atoms with E-state index in [0.29, 0.717) is 30.0 Å². The number of rotatable bonds is 15. The standard InChI is InChI=1S/C31H38FN3O6S/c1-5-7-19-33-31(37)29(6-2)34(21-23-9-8-10-27(20-23)41-4)30(36)22-35(25-13-11-24(32)12-14-25)42(38,39)28-17-15-26(40-3)16-18-28/h8-18,20,29H,5-7,19,21-22H2,1-4H3,(H,33,37)/t29-/m0/s1. The van der Waals surface area contributed by atoms with E-state index in [4.69, 9.17) is 9.47 Å². The highest BCUT2D eigenvalue weighted by molar-refractivity contribution is 7.92. The van der Waals surface area contributed by atoms with Gasteiger partial charge in [-0.25, -0.2) is 12.8 Å². The summed E-state index contributed by atoms with van der Waals surface area (Å²) in [5.41, 5.74) is 0.802. The van der Waals surface area contributed by atoms with Crippen LogP contribution in [-0.4, -0.2) is 58.5 Å². The molecule has 9 nitrogen and oxygen atoms in total. The number of halogens is 1. The van der Waals surface area contributed by atoms with Gasteiger partial charge in [0.15, 0.2) is 0 Å². The molecule has 0 radical (unpaired) electrons.